The molecule has 18 heavy (non-hydrogen) atoms. The first-order valence-corrected chi connectivity index (χ1v) is 6.45. The van der Waals surface area contributed by atoms with Crippen LogP contribution in [0.15, 0.2) is 28.7 Å². The molecule has 1 aromatic carbocycles. The van der Waals surface area contributed by atoms with Crippen molar-refractivity contribution in [2.24, 2.45) is 0 Å². The second kappa shape index (κ2) is 5.11. The Morgan fingerprint density at radius 3 is 2.78 bits per heavy atom. The van der Waals surface area contributed by atoms with Gasteiger partial charge in [0.05, 0.1) is 0 Å². The highest BCUT2D eigenvalue weighted by Crippen LogP contribution is 2.32. The Hall–Kier alpha value is -1.35. The van der Waals surface area contributed by atoms with E-state index in [4.69, 9.17) is 4.42 Å². The van der Waals surface area contributed by atoms with Crippen molar-refractivity contribution in [2.75, 3.05) is 0 Å². The van der Waals surface area contributed by atoms with Crippen molar-refractivity contribution in [1.82, 2.24) is 0 Å². The molecule has 0 spiro atoms. The van der Waals surface area contributed by atoms with Gasteiger partial charge in [-0.3, -0.25) is 0 Å². The summed E-state index contributed by atoms with van der Waals surface area (Å²) < 4.78 is 19.0. The highest BCUT2D eigenvalue weighted by Gasteiger charge is 2.27. The molecule has 0 bridgehead atoms. The van der Waals surface area contributed by atoms with Crippen LogP contribution in [0, 0.1) is 5.82 Å². The maximum Gasteiger partial charge on any atom is 0.170 e. The molecule has 1 atom stereocenters. The first-order valence-electron chi connectivity index (χ1n) is 6.45. The predicted molar refractivity (Wildman–Crippen MR) is 69.9 cm³/mol. The van der Waals surface area contributed by atoms with Gasteiger partial charge >= 0.3 is 0 Å². The third kappa shape index (κ3) is 2.56. The largest absolute Gasteiger partial charge is 0.455 e. The molecule has 1 heterocycles. The van der Waals surface area contributed by atoms with Crippen LogP contribution in [0.2, 0.25) is 0 Å². The monoisotopic (exact) mass is 250 g/mol. The maximum absolute atomic E-state index is 13.5. The molecule has 2 nitrogen and oxygen atoms in total. The van der Waals surface area contributed by atoms with E-state index < -0.39 is 5.60 Å². The summed E-state index contributed by atoms with van der Waals surface area (Å²) in [7, 11) is 0. The van der Waals surface area contributed by atoms with Crippen molar-refractivity contribution in [2.45, 2.75) is 45.1 Å². The Labute approximate surface area is 106 Å². The van der Waals surface area contributed by atoms with E-state index in [1.54, 1.807) is 25.1 Å². The predicted octanol–water partition coefficient (Wildman–Crippen LogP) is 4.36. The van der Waals surface area contributed by atoms with Crippen molar-refractivity contribution in [3.63, 3.8) is 0 Å². The summed E-state index contributed by atoms with van der Waals surface area (Å²) in [5, 5.41) is 11.1. The number of aliphatic hydroxyl groups is 1. The zero-order chi connectivity index (χ0) is 13.2. The topological polar surface area (TPSA) is 33.4 Å². The molecule has 0 saturated carbocycles. The number of para-hydroxylation sites is 1. The third-order valence-electron chi connectivity index (χ3n) is 3.29. The lowest BCUT2D eigenvalue weighted by atomic mass is 9.95. The van der Waals surface area contributed by atoms with Crippen LogP contribution in [0.5, 0.6) is 0 Å². The van der Waals surface area contributed by atoms with Crippen molar-refractivity contribution >= 4 is 11.0 Å². The van der Waals surface area contributed by atoms with Gasteiger partial charge in [-0.1, -0.05) is 38.3 Å². The van der Waals surface area contributed by atoms with Gasteiger partial charge in [-0.2, -0.15) is 0 Å². The van der Waals surface area contributed by atoms with Crippen LogP contribution in [0.1, 0.15) is 45.3 Å². The lowest BCUT2D eigenvalue weighted by Crippen LogP contribution is -2.19. The summed E-state index contributed by atoms with van der Waals surface area (Å²) in [5.41, 5.74) is -0.802. The fourth-order valence-electron chi connectivity index (χ4n) is 2.14. The molecule has 0 radical (unpaired) electrons. The lowest BCUT2D eigenvalue weighted by Gasteiger charge is -2.20. The molecular formula is C15H19FO2. The SMILES string of the molecule is CCCCCC(C)(O)c1cc2cccc(F)c2o1. The number of benzene rings is 1. The van der Waals surface area contributed by atoms with Crippen molar-refractivity contribution in [1.29, 1.82) is 0 Å². The van der Waals surface area contributed by atoms with Gasteiger partial charge in [0, 0.05) is 5.39 Å². The summed E-state index contributed by atoms with van der Waals surface area (Å²) in [6, 6.07) is 6.52. The molecular weight excluding hydrogens is 231 g/mol. The third-order valence-corrected chi connectivity index (χ3v) is 3.29. The van der Waals surface area contributed by atoms with Crippen molar-refractivity contribution in [3.8, 4) is 0 Å². The molecule has 1 aromatic heterocycles. The van der Waals surface area contributed by atoms with E-state index in [9.17, 15) is 9.50 Å². The van der Waals surface area contributed by atoms with E-state index in [-0.39, 0.29) is 11.4 Å². The van der Waals surface area contributed by atoms with Crippen LogP contribution >= 0.6 is 0 Å². The van der Waals surface area contributed by atoms with Crippen LogP contribution in [0.3, 0.4) is 0 Å². The number of rotatable bonds is 5. The van der Waals surface area contributed by atoms with Gasteiger partial charge < -0.3 is 9.52 Å². The van der Waals surface area contributed by atoms with E-state index >= 15 is 0 Å². The molecule has 0 fully saturated rings. The first-order chi connectivity index (χ1) is 8.54. The van der Waals surface area contributed by atoms with Gasteiger partial charge in [-0.05, 0) is 25.5 Å². The molecule has 98 valence electrons. The minimum Gasteiger partial charge on any atom is -0.455 e. The maximum atomic E-state index is 13.5. The Bertz CT molecular complexity index is 528. The number of hydrogen-bond acceptors (Lipinski definition) is 2. The normalized spacial score (nSPS) is 14.9. The average Bonchev–Trinajstić information content (AvgIpc) is 2.75. The first kappa shape index (κ1) is 13.1. The second-order valence-corrected chi connectivity index (χ2v) is 5.00. The highest BCUT2D eigenvalue weighted by molar-refractivity contribution is 5.78. The summed E-state index contributed by atoms with van der Waals surface area (Å²) in [5.74, 6) is 0.0572. The standard InChI is InChI=1S/C15H19FO2/c1-3-4-5-9-15(2,17)13-10-11-7-6-8-12(16)14(11)18-13/h6-8,10,17H,3-5,9H2,1-2H3. The molecule has 0 aliphatic carbocycles. The minimum atomic E-state index is -1.03. The zero-order valence-electron chi connectivity index (χ0n) is 10.9. The Balaban J connectivity index is 2.27. The van der Waals surface area contributed by atoms with Gasteiger partial charge in [-0.25, -0.2) is 4.39 Å². The van der Waals surface area contributed by atoms with E-state index in [1.807, 2.05) is 0 Å². The van der Waals surface area contributed by atoms with Crippen molar-refractivity contribution < 1.29 is 13.9 Å². The number of fused-ring (bicyclic) bond motifs is 1. The van der Waals surface area contributed by atoms with Crippen LogP contribution in [-0.4, -0.2) is 5.11 Å². The zero-order valence-corrected chi connectivity index (χ0v) is 10.9. The molecule has 0 aliphatic rings. The Morgan fingerprint density at radius 2 is 2.11 bits per heavy atom. The van der Waals surface area contributed by atoms with Gasteiger partial charge in [0.15, 0.2) is 11.4 Å². The fraction of sp³-hybridized carbons (Fsp3) is 0.467. The Kier molecular flexibility index (Phi) is 3.71. The van der Waals surface area contributed by atoms with E-state index in [2.05, 4.69) is 6.92 Å². The number of furan rings is 1. The molecule has 0 saturated heterocycles. The summed E-state index contributed by atoms with van der Waals surface area (Å²) in [6.45, 7) is 3.84. The molecule has 1 N–H and O–H groups in total. The molecule has 1 unspecified atom stereocenters. The number of hydrogen-bond donors (Lipinski definition) is 1. The highest BCUT2D eigenvalue weighted by atomic mass is 19.1. The lowest BCUT2D eigenvalue weighted by molar-refractivity contribution is 0.0242. The van der Waals surface area contributed by atoms with Crippen LogP contribution in [0.4, 0.5) is 4.39 Å². The second-order valence-electron chi connectivity index (χ2n) is 5.00. The van der Waals surface area contributed by atoms with Gasteiger partial charge in [0.2, 0.25) is 0 Å². The van der Waals surface area contributed by atoms with Gasteiger partial charge in [0.25, 0.3) is 0 Å². The number of unbranched alkanes of at least 4 members (excludes halogenated alkanes) is 2. The molecule has 3 heteroatoms. The Morgan fingerprint density at radius 1 is 1.33 bits per heavy atom. The summed E-state index contributed by atoms with van der Waals surface area (Å²) in [4.78, 5) is 0. The number of halogens is 1. The van der Waals surface area contributed by atoms with Gasteiger partial charge in [0.1, 0.15) is 11.4 Å². The van der Waals surface area contributed by atoms with Crippen LogP contribution in [0.25, 0.3) is 11.0 Å². The van der Waals surface area contributed by atoms with Crippen molar-refractivity contribution in [3.05, 3.63) is 35.8 Å². The average molecular weight is 250 g/mol. The smallest absolute Gasteiger partial charge is 0.170 e. The van der Waals surface area contributed by atoms with Crippen LogP contribution in [-0.2, 0) is 5.60 Å². The molecule has 2 aromatic rings. The van der Waals surface area contributed by atoms with E-state index in [0.717, 1.165) is 19.3 Å². The summed E-state index contributed by atoms with van der Waals surface area (Å²) in [6.07, 6.45) is 3.74. The molecule has 2 rings (SSSR count). The van der Waals surface area contributed by atoms with Gasteiger partial charge in [-0.15, -0.1) is 0 Å². The minimum absolute atomic E-state index is 0.225. The molecule has 0 aliphatic heterocycles. The van der Waals surface area contributed by atoms with Crippen LogP contribution < -0.4 is 0 Å². The summed E-state index contributed by atoms with van der Waals surface area (Å²) >= 11 is 0. The van der Waals surface area contributed by atoms with E-state index in [1.165, 1.54) is 6.07 Å². The fourth-order valence-corrected chi connectivity index (χ4v) is 2.14. The molecule has 0 amide bonds. The van der Waals surface area contributed by atoms with E-state index in [0.29, 0.717) is 17.6 Å². The quantitative estimate of drug-likeness (QED) is 0.800.